The highest BCUT2D eigenvalue weighted by molar-refractivity contribution is 6.74. The number of carbonyl (C=O) groups excluding carboxylic acids is 3. The molecule has 49 heavy (non-hydrogen) atoms. The van der Waals surface area contributed by atoms with Crippen LogP contribution in [0.5, 0.6) is 0 Å². The van der Waals surface area contributed by atoms with Crippen molar-refractivity contribution in [2.24, 2.45) is 11.8 Å². The lowest BCUT2D eigenvalue weighted by atomic mass is 9.92. The van der Waals surface area contributed by atoms with Crippen molar-refractivity contribution >= 4 is 43.5 Å². The Morgan fingerprint density at radius 2 is 1.51 bits per heavy atom. The lowest BCUT2D eigenvalue weighted by Crippen LogP contribution is -2.43. The summed E-state index contributed by atoms with van der Waals surface area (Å²) in [6.07, 6.45) is 0.184. The average molecular weight is 699 g/mol. The maximum Gasteiger partial charge on any atom is 0.412 e. The molecule has 0 aliphatic carbocycles. The van der Waals surface area contributed by atoms with Crippen LogP contribution in [0.2, 0.25) is 18.1 Å². The van der Waals surface area contributed by atoms with Crippen molar-refractivity contribution < 1.29 is 28.3 Å². The van der Waals surface area contributed by atoms with Gasteiger partial charge in [-0.3, -0.25) is 4.79 Å². The SMILES string of the molecule is CCC(CC(=O)OCOC(=O)N(C)CCO[Si](C)(C)C(C)(C)C)c1ccc(N(CC(C)C)CC(C)C)c(NC(=O)Nc2ccc(C)cc2)c1. The van der Waals surface area contributed by atoms with Gasteiger partial charge in [0.05, 0.1) is 24.4 Å². The van der Waals surface area contributed by atoms with Crippen LogP contribution in [-0.2, 0) is 18.7 Å². The number of aryl methyl sites for hydroxylation is 1. The van der Waals surface area contributed by atoms with E-state index >= 15 is 0 Å². The summed E-state index contributed by atoms with van der Waals surface area (Å²) in [5.41, 5.74) is 4.30. The van der Waals surface area contributed by atoms with Gasteiger partial charge in [0.15, 0.2) is 8.32 Å². The Morgan fingerprint density at radius 3 is 2.06 bits per heavy atom. The number of amides is 3. The Bertz CT molecular complexity index is 1350. The van der Waals surface area contributed by atoms with Gasteiger partial charge in [-0.1, -0.05) is 79.2 Å². The van der Waals surface area contributed by atoms with Gasteiger partial charge in [-0.15, -0.1) is 0 Å². The molecule has 3 amide bonds. The molecule has 0 radical (unpaired) electrons. The van der Waals surface area contributed by atoms with Crippen LogP contribution in [0.1, 0.15) is 85.3 Å². The molecule has 0 fully saturated rings. The molecule has 274 valence electrons. The predicted octanol–water partition coefficient (Wildman–Crippen LogP) is 9.23. The highest BCUT2D eigenvalue weighted by Gasteiger charge is 2.37. The number of likely N-dealkylation sites (N-methyl/N-ethyl adjacent to an activating group) is 1. The predicted molar refractivity (Wildman–Crippen MR) is 203 cm³/mol. The number of hydrogen-bond donors (Lipinski definition) is 2. The van der Waals surface area contributed by atoms with E-state index in [1.54, 1.807) is 7.05 Å². The van der Waals surface area contributed by atoms with Gasteiger partial charge in [-0.2, -0.15) is 0 Å². The van der Waals surface area contributed by atoms with E-state index in [0.717, 1.165) is 29.9 Å². The van der Waals surface area contributed by atoms with Gasteiger partial charge in [0.25, 0.3) is 0 Å². The highest BCUT2D eigenvalue weighted by Crippen LogP contribution is 2.36. The molecule has 11 heteroatoms. The molecule has 0 saturated carbocycles. The van der Waals surface area contributed by atoms with E-state index in [1.165, 1.54) is 4.90 Å². The van der Waals surface area contributed by atoms with Crippen molar-refractivity contribution in [3.63, 3.8) is 0 Å². The molecule has 0 bridgehead atoms. The third-order valence-corrected chi connectivity index (χ3v) is 13.4. The molecule has 0 heterocycles. The fourth-order valence-corrected chi connectivity index (χ4v) is 6.05. The Balaban J connectivity index is 2.11. The van der Waals surface area contributed by atoms with Crippen molar-refractivity contribution in [2.75, 3.05) is 55.6 Å². The quantitative estimate of drug-likeness (QED) is 0.0963. The van der Waals surface area contributed by atoms with Crippen molar-refractivity contribution in [1.29, 1.82) is 0 Å². The zero-order valence-electron chi connectivity index (χ0n) is 32.1. The molecule has 2 aromatic rings. The van der Waals surface area contributed by atoms with Gasteiger partial charge < -0.3 is 34.3 Å². The van der Waals surface area contributed by atoms with E-state index in [0.29, 0.717) is 42.8 Å². The summed E-state index contributed by atoms with van der Waals surface area (Å²) in [5, 5.41) is 6.09. The maximum atomic E-state index is 13.2. The smallest absolute Gasteiger partial charge is 0.412 e. The largest absolute Gasteiger partial charge is 0.428 e. The molecule has 2 N–H and O–H groups in total. The lowest BCUT2D eigenvalue weighted by molar-refractivity contribution is -0.152. The minimum atomic E-state index is -1.92. The molecule has 0 aliphatic heterocycles. The topological polar surface area (TPSA) is 109 Å². The van der Waals surface area contributed by atoms with Gasteiger partial charge in [0, 0.05) is 32.4 Å². The number of benzene rings is 2. The Hall–Kier alpha value is -3.57. The number of hydrogen-bond acceptors (Lipinski definition) is 7. The van der Waals surface area contributed by atoms with Crippen LogP contribution in [0.15, 0.2) is 42.5 Å². The molecule has 10 nitrogen and oxygen atoms in total. The Labute approximate surface area is 296 Å². The standard InChI is InChI=1S/C38H62N4O6Si/c1-13-30(23-35(43)46-26-47-37(45)41(10)20-21-48-49(11,12)38(7,8)9)31-16-19-34(42(24-27(2)3)25-28(4)5)33(22-31)40-36(44)39-32-17-14-29(6)15-18-32/h14-19,22,27-28,30H,13,20-21,23-26H2,1-12H3,(H2,39,40,44). The maximum absolute atomic E-state index is 13.2. The third kappa shape index (κ3) is 14.1. The number of carbonyl (C=O) groups is 3. The van der Waals surface area contributed by atoms with Gasteiger partial charge in [-0.05, 0) is 79.1 Å². The molecule has 1 atom stereocenters. The normalized spacial score (nSPS) is 12.4. The molecular formula is C38H62N4O6Si. The number of nitrogens with one attached hydrogen (secondary N) is 2. The fourth-order valence-electron chi connectivity index (χ4n) is 5.02. The van der Waals surface area contributed by atoms with Crippen molar-refractivity contribution in [2.45, 2.75) is 99.2 Å². The zero-order valence-corrected chi connectivity index (χ0v) is 33.1. The Morgan fingerprint density at radius 1 is 0.898 bits per heavy atom. The first kappa shape index (κ1) is 41.6. The molecular weight excluding hydrogens is 637 g/mol. The van der Waals surface area contributed by atoms with Gasteiger partial charge in [-0.25, -0.2) is 9.59 Å². The first-order chi connectivity index (χ1) is 22.8. The number of nitrogens with zero attached hydrogens (tertiary/aromatic N) is 2. The third-order valence-electron chi connectivity index (χ3n) is 8.88. The minimum absolute atomic E-state index is 0.0783. The second-order valence-corrected chi connectivity index (χ2v) is 20.1. The number of urea groups is 1. The van der Waals surface area contributed by atoms with Crippen LogP contribution in [0.3, 0.4) is 0 Å². The van der Waals surface area contributed by atoms with Crippen molar-refractivity contribution in [1.82, 2.24) is 4.90 Å². The minimum Gasteiger partial charge on any atom is -0.428 e. The summed E-state index contributed by atoms with van der Waals surface area (Å²) in [4.78, 5) is 42.3. The second kappa shape index (κ2) is 19.0. The molecule has 2 aromatic carbocycles. The summed E-state index contributed by atoms with van der Waals surface area (Å²) < 4.78 is 16.7. The summed E-state index contributed by atoms with van der Waals surface area (Å²) in [6, 6.07) is 13.3. The van der Waals surface area contributed by atoms with Crippen LogP contribution in [0.4, 0.5) is 26.7 Å². The van der Waals surface area contributed by atoms with Gasteiger partial charge in [0.1, 0.15) is 0 Å². The first-order valence-corrected chi connectivity index (χ1v) is 20.4. The molecule has 1 unspecified atom stereocenters. The summed E-state index contributed by atoms with van der Waals surface area (Å²) >= 11 is 0. The van der Waals surface area contributed by atoms with Crippen molar-refractivity contribution in [3.05, 3.63) is 53.6 Å². The van der Waals surface area contributed by atoms with Crippen LogP contribution in [-0.4, -0.2) is 71.4 Å². The summed E-state index contributed by atoms with van der Waals surface area (Å²) in [6.45, 7) is 25.5. The van der Waals surface area contributed by atoms with E-state index in [4.69, 9.17) is 13.9 Å². The monoisotopic (exact) mass is 698 g/mol. The fraction of sp³-hybridized carbons (Fsp3) is 0.605. The summed E-state index contributed by atoms with van der Waals surface area (Å²) in [7, 11) is -0.290. The van der Waals surface area contributed by atoms with Crippen LogP contribution < -0.4 is 15.5 Å². The average Bonchev–Trinajstić information content (AvgIpc) is 2.99. The lowest BCUT2D eigenvalue weighted by Gasteiger charge is -2.36. The van der Waals surface area contributed by atoms with Gasteiger partial charge in [0.2, 0.25) is 6.79 Å². The molecule has 0 spiro atoms. The van der Waals surface area contributed by atoms with Crippen molar-refractivity contribution in [3.8, 4) is 0 Å². The van der Waals surface area contributed by atoms with Crippen LogP contribution >= 0.6 is 0 Å². The van der Waals surface area contributed by atoms with E-state index < -0.39 is 27.2 Å². The molecule has 0 aliphatic rings. The molecule has 0 saturated heterocycles. The number of anilines is 3. The number of rotatable bonds is 17. The van der Waals surface area contributed by atoms with Gasteiger partial charge >= 0.3 is 18.1 Å². The zero-order chi connectivity index (χ0) is 36.9. The molecule has 2 rings (SSSR count). The highest BCUT2D eigenvalue weighted by atomic mass is 28.4. The van der Waals surface area contributed by atoms with Crippen LogP contribution in [0, 0.1) is 18.8 Å². The van der Waals surface area contributed by atoms with E-state index in [2.05, 4.69) is 77.1 Å². The van der Waals surface area contributed by atoms with E-state index in [9.17, 15) is 14.4 Å². The van der Waals surface area contributed by atoms with E-state index in [1.807, 2.05) is 56.3 Å². The number of ether oxygens (including phenoxy) is 2. The summed E-state index contributed by atoms with van der Waals surface area (Å²) in [5.74, 6) is 0.183. The number of esters is 1. The van der Waals surface area contributed by atoms with Crippen LogP contribution in [0.25, 0.3) is 0 Å². The first-order valence-electron chi connectivity index (χ1n) is 17.5. The Kier molecular flexibility index (Phi) is 16.1. The molecule has 0 aromatic heterocycles. The second-order valence-electron chi connectivity index (χ2n) is 15.3. The van der Waals surface area contributed by atoms with E-state index in [-0.39, 0.29) is 23.4 Å².